The zero-order valence-corrected chi connectivity index (χ0v) is 10.5. The van der Waals surface area contributed by atoms with Gasteiger partial charge in [0.25, 0.3) is 0 Å². The van der Waals surface area contributed by atoms with E-state index in [2.05, 4.69) is 5.32 Å². The number of carbonyl (C=O) groups excluding carboxylic acids is 2. The van der Waals surface area contributed by atoms with Crippen molar-refractivity contribution >= 4 is 12.0 Å². The molecule has 1 N–H and O–H groups in total. The van der Waals surface area contributed by atoms with Crippen LogP contribution in [0.25, 0.3) is 0 Å². The molecule has 0 spiro atoms. The van der Waals surface area contributed by atoms with Gasteiger partial charge >= 0.3 is 12.0 Å². The van der Waals surface area contributed by atoms with Crippen molar-refractivity contribution in [2.24, 2.45) is 0 Å². The summed E-state index contributed by atoms with van der Waals surface area (Å²) in [4.78, 5) is 24.0. The monoisotopic (exact) mass is 250 g/mol. The molecule has 0 unspecified atom stereocenters. The van der Waals surface area contributed by atoms with Gasteiger partial charge in [-0.3, -0.25) is 4.57 Å². The number of hydrogen-bond donors (Lipinski definition) is 1. The zero-order valence-electron chi connectivity index (χ0n) is 10.5. The molecule has 0 saturated heterocycles. The van der Waals surface area contributed by atoms with Gasteiger partial charge in [-0.25, -0.2) is 9.59 Å². The first kappa shape index (κ1) is 12.7. The van der Waals surface area contributed by atoms with Crippen LogP contribution in [0, 0.1) is 0 Å². The van der Waals surface area contributed by atoms with Gasteiger partial charge in [-0.05, 0) is 25.0 Å². The SMILES string of the molecule is COC(=O)C1(NC(=O)n2cccc2)CCCCC1. The highest BCUT2D eigenvalue weighted by Gasteiger charge is 2.42. The second-order valence-corrected chi connectivity index (χ2v) is 4.65. The summed E-state index contributed by atoms with van der Waals surface area (Å²) < 4.78 is 6.28. The number of amides is 1. The van der Waals surface area contributed by atoms with Crippen molar-refractivity contribution in [1.82, 2.24) is 9.88 Å². The molecule has 1 saturated carbocycles. The van der Waals surface area contributed by atoms with Crippen LogP contribution in [0.1, 0.15) is 32.1 Å². The second kappa shape index (κ2) is 5.25. The van der Waals surface area contributed by atoms with Crippen molar-refractivity contribution < 1.29 is 14.3 Å². The van der Waals surface area contributed by atoms with Crippen molar-refractivity contribution in [2.45, 2.75) is 37.6 Å². The summed E-state index contributed by atoms with van der Waals surface area (Å²) in [6.45, 7) is 0. The second-order valence-electron chi connectivity index (χ2n) is 4.65. The molecular weight excluding hydrogens is 232 g/mol. The van der Waals surface area contributed by atoms with Gasteiger partial charge in [0.15, 0.2) is 0 Å². The van der Waals surface area contributed by atoms with E-state index in [1.165, 1.54) is 11.7 Å². The quantitative estimate of drug-likeness (QED) is 0.816. The Morgan fingerprint density at radius 3 is 2.33 bits per heavy atom. The van der Waals surface area contributed by atoms with E-state index in [9.17, 15) is 9.59 Å². The molecule has 1 amide bonds. The number of nitrogens with one attached hydrogen (secondary N) is 1. The Bertz CT molecular complexity index is 419. The molecule has 1 heterocycles. The molecule has 2 rings (SSSR count). The Labute approximate surface area is 106 Å². The van der Waals surface area contributed by atoms with E-state index in [0.29, 0.717) is 12.8 Å². The minimum absolute atomic E-state index is 0.285. The molecule has 1 aromatic rings. The number of methoxy groups -OCH3 is 1. The molecule has 1 aliphatic rings. The van der Waals surface area contributed by atoms with Crippen molar-refractivity contribution in [3.8, 4) is 0 Å². The van der Waals surface area contributed by atoms with Crippen LogP contribution in [-0.2, 0) is 9.53 Å². The standard InChI is InChI=1S/C13H18N2O3/c1-18-11(16)13(7-3-2-4-8-13)14-12(17)15-9-5-6-10-15/h5-6,9-10H,2-4,7-8H2,1H3,(H,14,17). The first-order valence-corrected chi connectivity index (χ1v) is 6.22. The molecule has 18 heavy (non-hydrogen) atoms. The van der Waals surface area contributed by atoms with E-state index in [1.807, 2.05) is 0 Å². The highest BCUT2D eigenvalue weighted by Crippen LogP contribution is 2.29. The van der Waals surface area contributed by atoms with Crippen molar-refractivity contribution in [1.29, 1.82) is 0 Å². The lowest BCUT2D eigenvalue weighted by Gasteiger charge is -2.35. The molecular formula is C13H18N2O3. The van der Waals surface area contributed by atoms with E-state index < -0.39 is 5.54 Å². The number of rotatable bonds is 2. The van der Waals surface area contributed by atoms with Crippen molar-refractivity contribution in [3.05, 3.63) is 24.5 Å². The number of hydrogen-bond acceptors (Lipinski definition) is 3. The van der Waals surface area contributed by atoms with Crippen LogP contribution in [-0.4, -0.2) is 29.2 Å². The molecule has 98 valence electrons. The van der Waals surface area contributed by atoms with Gasteiger partial charge in [-0.1, -0.05) is 19.3 Å². The summed E-state index contributed by atoms with van der Waals surface area (Å²) in [6.07, 6.45) is 7.56. The predicted octanol–water partition coefficient (Wildman–Crippen LogP) is 1.92. The van der Waals surface area contributed by atoms with Crippen LogP contribution >= 0.6 is 0 Å². The molecule has 5 nitrogen and oxygen atoms in total. The molecule has 1 fully saturated rings. The van der Waals surface area contributed by atoms with Crippen LogP contribution in [0.15, 0.2) is 24.5 Å². The van der Waals surface area contributed by atoms with Gasteiger partial charge in [-0.2, -0.15) is 0 Å². The molecule has 0 radical (unpaired) electrons. The van der Waals surface area contributed by atoms with Gasteiger partial charge in [0.1, 0.15) is 5.54 Å². The fourth-order valence-corrected chi connectivity index (χ4v) is 2.47. The fourth-order valence-electron chi connectivity index (χ4n) is 2.47. The van der Waals surface area contributed by atoms with Gasteiger partial charge < -0.3 is 10.1 Å². The van der Waals surface area contributed by atoms with E-state index in [0.717, 1.165) is 19.3 Å². The van der Waals surface area contributed by atoms with Gasteiger partial charge in [0.2, 0.25) is 0 Å². The van der Waals surface area contributed by atoms with Crippen molar-refractivity contribution in [3.63, 3.8) is 0 Å². The van der Waals surface area contributed by atoms with Crippen LogP contribution in [0.2, 0.25) is 0 Å². The number of aromatic nitrogens is 1. The van der Waals surface area contributed by atoms with Crippen LogP contribution in [0.3, 0.4) is 0 Å². The topological polar surface area (TPSA) is 60.3 Å². The smallest absolute Gasteiger partial charge is 0.331 e. The normalized spacial score (nSPS) is 18.1. The van der Waals surface area contributed by atoms with Gasteiger partial charge in [-0.15, -0.1) is 0 Å². The lowest BCUT2D eigenvalue weighted by Crippen LogP contribution is -2.56. The minimum atomic E-state index is -0.853. The highest BCUT2D eigenvalue weighted by atomic mass is 16.5. The molecule has 5 heteroatoms. The molecule has 0 atom stereocenters. The largest absolute Gasteiger partial charge is 0.467 e. The van der Waals surface area contributed by atoms with Crippen LogP contribution in [0.4, 0.5) is 4.79 Å². The molecule has 1 aromatic heterocycles. The lowest BCUT2D eigenvalue weighted by atomic mass is 9.82. The minimum Gasteiger partial charge on any atom is -0.467 e. The Morgan fingerprint density at radius 1 is 1.17 bits per heavy atom. The van der Waals surface area contributed by atoms with Crippen molar-refractivity contribution in [2.75, 3.05) is 7.11 Å². The average molecular weight is 250 g/mol. The third kappa shape index (κ3) is 2.39. The first-order valence-electron chi connectivity index (χ1n) is 6.22. The van der Waals surface area contributed by atoms with E-state index in [4.69, 9.17) is 4.74 Å². The number of carbonyl (C=O) groups is 2. The van der Waals surface area contributed by atoms with Gasteiger partial charge in [0, 0.05) is 12.4 Å². The van der Waals surface area contributed by atoms with E-state index in [1.54, 1.807) is 24.5 Å². The molecule has 0 aromatic carbocycles. The Balaban J connectivity index is 2.15. The summed E-state index contributed by atoms with van der Waals surface area (Å²) in [7, 11) is 1.36. The molecule has 1 aliphatic carbocycles. The maximum absolute atomic E-state index is 12.0. The van der Waals surface area contributed by atoms with E-state index >= 15 is 0 Å². The van der Waals surface area contributed by atoms with Gasteiger partial charge in [0.05, 0.1) is 7.11 Å². The Morgan fingerprint density at radius 2 is 1.78 bits per heavy atom. The summed E-state index contributed by atoms with van der Waals surface area (Å²) in [6, 6.07) is 3.25. The Kier molecular flexibility index (Phi) is 3.69. The lowest BCUT2D eigenvalue weighted by molar-refractivity contribution is -0.149. The molecule has 0 aliphatic heterocycles. The summed E-state index contributed by atoms with van der Waals surface area (Å²) in [5, 5.41) is 2.83. The summed E-state index contributed by atoms with van der Waals surface area (Å²) >= 11 is 0. The summed E-state index contributed by atoms with van der Waals surface area (Å²) in [5.41, 5.74) is -0.853. The maximum Gasteiger partial charge on any atom is 0.331 e. The average Bonchev–Trinajstić information content (AvgIpc) is 2.93. The molecule has 0 bridgehead atoms. The third-order valence-electron chi connectivity index (χ3n) is 3.47. The van der Waals surface area contributed by atoms with Crippen LogP contribution in [0.5, 0.6) is 0 Å². The zero-order chi connectivity index (χ0) is 13.0. The number of ether oxygens (including phenoxy) is 1. The van der Waals surface area contributed by atoms with E-state index in [-0.39, 0.29) is 12.0 Å². The maximum atomic E-state index is 12.0. The Hall–Kier alpha value is -1.78. The van der Waals surface area contributed by atoms with Crippen LogP contribution < -0.4 is 5.32 Å². The number of esters is 1. The number of nitrogens with zero attached hydrogens (tertiary/aromatic N) is 1. The predicted molar refractivity (Wildman–Crippen MR) is 66.2 cm³/mol. The highest BCUT2D eigenvalue weighted by molar-refractivity contribution is 5.88. The fraction of sp³-hybridized carbons (Fsp3) is 0.538. The summed E-state index contributed by atoms with van der Waals surface area (Å²) in [5.74, 6) is -0.345. The first-order chi connectivity index (χ1) is 8.68. The third-order valence-corrected chi connectivity index (χ3v) is 3.47.